The van der Waals surface area contributed by atoms with E-state index in [4.69, 9.17) is 4.74 Å². The number of fused-ring (bicyclic) bond motifs is 2. The molecule has 1 aromatic heterocycles. The molecule has 1 amide bonds. The zero-order chi connectivity index (χ0) is 17.6. The molecule has 2 aliphatic rings. The third kappa shape index (κ3) is 2.73. The Balaban J connectivity index is 1.65. The number of aryl methyl sites for hydroxylation is 1. The molecule has 2 aromatic rings. The minimum absolute atomic E-state index is 0.000672. The van der Waals surface area contributed by atoms with E-state index in [1.807, 2.05) is 4.90 Å². The summed E-state index contributed by atoms with van der Waals surface area (Å²) >= 11 is 0. The summed E-state index contributed by atoms with van der Waals surface area (Å²) in [5, 5.41) is 9.93. The van der Waals surface area contributed by atoms with E-state index >= 15 is 0 Å². The molecule has 0 unspecified atom stereocenters. The smallest absolute Gasteiger partial charge is 0.260 e. The van der Waals surface area contributed by atoms with Crippen LogP contribution in [0.25, 0.3) is 10.9 Å². The maximum atomic E-state index is 13.0. The highest BCUT2D eigenvalue weighted by atomic mass is 16.5. The average molecular weight is 343 g/mol. The van der Waals surface area contributed by atoms with Gasteiger partial charge in [0.1, 0.15) is 0 Å². The Labute approximate surface area is 144 Å². The van der Waals surface area contributed by atoms with Gasteiger partial charge in [0.2, 0.25) is 0 Å². The van der Waals surface area contributed by atoms with Crippen molar-refractivity contribution in [2.75, 3.05) is 19.8 Å². The minimum atomic E-state index is -0.128. The first-order chi connectivity index (χ1) is 12.1. The quantitative estimate of drug-likeness (QED) is 0.861. The number of ether oxygens (including phenoxy) is 1. The molecule has 25 heavy (non-hydrogen) atoms. The number of aliphatic hydroxyl groups excluding tert-OH is 1. The van der Waals surface area contributed by atoms with E-state index in [0.29, 0.717) is 29.6 Å². The van der Waals surface area contributed by atoms with Crippen molar-refractivity contribution in [2.45, 2.75) is 25.0 Å². The van der Waals surface area contributed by atoms with Gasteiger partial charge in [-0.3, -0.25) is 9.59 Å². The van der Waals surface area contributed by atoms with Crippen LogP contribution in [0.1, 0.15) is 23.2 Å². The van der Waals surface area contributed by atoms with E-state index in [1.165, 1.54) is 10.9 Å². The van der Waals surface area contributed by atoms with E-state index in [9.17, 15) is 14.7 Å². The van der Waals surface area contributed by atoms with Gasteiger partial charge >= 0.3 is 0 Å². The summed E-state index contributed by atoms with van der Waals surface area (Å²) in [6.45, 7) is 1.18. The number of hydrogen-bond acceptors (Lipinski definition) is 5. The summed E-state index contributed by atoms with van der Waals surface area (Å²) in [7, 11) is 1.65. The van der Waals surface area contributed by atoms with E-state index in [-0.39, 0.29) is 36.1 Å². The van der Waals surface area contributed by atoms with Crippen molar-refractivity contribution in [3.8, 4) is 0 Å². The Morgan fingerprint density at radius 2 is 2.24 bits per heavy atom. The molecule has 1 N–H and O–H groups in total. The van der Waals surface area contributed by atoms with E-state index in [0.717, 1.165) is 12.8 Å². The summed E-state index contributed by atoms with van der Waals surface area (Å²) in [5.41, 5.74) is 0.928. The number of rotatable bonds is 2. The Morgan fingerprint density at radius 3 is 3.04 bits per heavy atom. The average Bonchev–Trinajstić information content (AvgIpc) is 3.07. The number of carbonyl (C=O) groups excluding carboxylic acids is 1. The van der Waals surface area contributed by atoms with Crippen molar-refractivity contribution < 1.29 is 14.6 Å². The zero-order valence-electron chi connectivity index (χ0n) is 14.1. The molecule has 1 aromatic carbocycles. The van der Waals surface area contributed by atoms with Crippen molar-refractivity contribution in [3.63, 3.8) is 0 Å². The minimum Gasteiger partial charge on any atom is -0.396 e. The predicted molar refractivity (Wildman–Crippen MR) is 91.4 cm³/mol. The number of aromatic nitrogens is 2. The molecule has 2 heterocycles. The van der Waals surface area contributed by atoms with Crippen LogP contribution in [0.5, 0.6) is 0 Å². The summed E-state index contributed by atoms with van der Waals surface area (Å²) in [6, 6.07) is 5.05. The fraction of sp³-hybridized carbons (Fsp3) is 0.500. The maximum Gasteiger partial charge on any atom is 0.260 e. The maximum absolute atomic E-state index is 13.0. The summed E-state index contributed by atoms with van der Waals surface area (Å²) in [6.07, 6.45) is 3.02. The van der Waals surface area contributed by atoms with Gasteiger partial charge in [-0.2, -0.15) is 0 Å². The first-order valence-electron chi connectivity index (χ1n) is 8.57. The summed E-state index contributed by atoms with van der Waals surface area (Å²) in [4.78, 5) is 31.3. The van der Waals surface area contributed by atoms with Gasteiger partial charge in [0.15, 0.2) is 0 Å². The van der Waals surface area contributed by atoms with Crippen LogP contribution in [-0.4, -0.2) is 57.4 Å². The van der Waals surface area contributed by atoms with Crippen LogP contribution >= 0.6 is 0 Å². The number of benzene rings is 1. The lowest BCUT2D eigenvalue weighted by atomic mass is 10.1. The molecule has 1 aliphatic carbocycles. The first-order valence-corrected chi connectivity index (χ1v) is 8.57. The van der Waals surface area contributed by atoms with Gasteiger partial charge in [0.25, 0.3) is 11.5 Å². The molecule has 0 radical (unpaired) electrons. The number of hydrogen-bond donors (Lipinski definition) is 1. The molecule has 0 spiro atoms. The lowest BCUT2D eigenvalue weighted by Gasteiger charge is -2.37. The molecule has 4 rings (SSSR count). The van der Waals surface area contributed by atoms with Gasteiger partial charge < -0.3 is 19.3 Å². The van der Waals surface area contributed by atoms with E-state index in [1.54, 1.807) is 25.2 Å². The fourth-order valence-electron chi connectivity index (χ4n) is 3.96. The van der Waals surface area contributed by atoms with Gasteiger partial charge in [-0.05, 0) is 37.0 Å². The Kier molecular flexibility index (Phi) is 4.05. The molecule has 132 valence electrons. The second-order valence-corrected chi connectivity index (χ2v) is 6.89. The SMILES string of the molecule is Cn1cnc2cc(C(=O)N3CCO[C@H]4C[C@H](CO)C[C@@H]43)ccc2c1=O. The van der Waals surface area contributed by atoms with Crippen molar-refractivity contribution in [1.82, 2.24) is 14.5 Å². The van der Waals surface area contributed by atoms with Crippen LogP contribution in [0.4, 0.5) is 0 Å². The number of amides is 1. The summed E-state index contributed by atoms with van der Waals surface area (Å²) < 4.78 is 7.21. The molecule has 7 nitrogen and oxygen atoms in total. The third-order valence-electron chi connectivity index (χ3n) is 5.32. The van der Waals surface area contributed by atoms with Crippen molar-refractivity contribution in [3.05, 3.63) is 40.4 Å². The molecule has 1 aliphatic heterocycles. The number of aliphatic hydroxyl groups is 1. The molecule has 1 saturated carbocycles. The highest BCUT2D eigenvalue weighted by Crippen LogP contribution is 2.34. The monoisotopic (exact) mass is 343 g/mol. The van der Waals surface area contributed by atoms with Crippen LogP contribution < -0.4 is 5.56 Å². The molecule has 2 fully saturated rings. The molecule has 3 atom stereocenters. The Bertz CT molecular complexity index is 878. The van der Waals surface area contributed by atoms with Crippen molar-refractivity contribution in [2.24, 2.45) is 13.0 Å². The van der Waals surface area contributed by atoms with Gasteiger partial charge in [-0.25, -0.2) is 4.98 Å². The molecule has 0 bridgehead atoms. The van der Waals surface area contributed by atoms with Crippen LogP contribution in [0, 0.1) is 5.92 Å². The van der Waals surface area contributed by atoms with E-state index < -0.39 is 0 Å². The molecule has 1 saturated heterocycles. The topological polar surface area (TPSA) is 84.7 Å². The zero-order valence-corrected chi connectivity index (χ0v) is 14.1. The van der Waals surface area contributed by atoms with Crippen LogP contribution in [0.15, 0.2) is 29.3 Å². The van der Waals surface area contributed by atoms with Crippen LogP contribution in [0.2, 0.25) is 0 Å². The standard InChI is InChI=1S/C18H21N3O4/c1-20-10-19-14-8-12(2-3-13(14)18(20)24)17(23)21-4-5-25-16-7-11(9-22)6-15(16)21/h2-3,8,10-11,15-16,22H,4-7,9H2,1H3/t11-,15+,16+/m1/s1. The number of nitrogens with zero attached hydrogens (tertiary/aromatic N) is 3. The van der Waals surface area contributed by atoms with E-state index in [2.05, 4.69) is 4.98 Å². The largest absolute Gasteiger partial charge is 0.396 e. The lowest BCUT2D eigenvalue weighted by molar-refractivity contribution is -0.0448. The summed E-state index contributed by atoms with van der Waals surface area (Å²) in [5.74, 6) is 0.117. The third-order valence-corrected chi connectivity index (χ3v) is 5.32. The van der Waals surface area contributed by atoms with Gasteiger partial charge in [-0.1, -0.05) is 0 Å². The van der Waals surface area contributed by atoms with Gasteiger partial charge in [0, 0.05) is 25.8 Å². The predicted octanol–water partition coefficient (Wildman–Crippen LogP) is 0.545. The Morgan fingerprint density at radius 1 is 1.40 bits per heavy atom. The Hall–Kier alpha value is -2.25. The fourth-order valence-corrected chi connectivity index (χ4v) is 3.96. The van der Waals surface area contributed by atoms with Crippen LogP contribution in [-0.2, 0) is 11.8 Å². The van der Waals surface area contributed by atoms with Crippen molar-refractivity contribution >= 4 is 16.8 Å². The lowest BCUT2D eigenvalue weighted by Crippen LogP contribution is -2.51. The highest BCUT2D eigenvalue weighted by molar-refractivity contribution is 5.98. The second-order valence-electron chi connectivity index (χ2n) is 6.89. The first kappa shape index (κ1) is 16.2. The second kappa shape index (κ2) is 6.24. The normalized spacial score (nSPS) is 26.0. The van der Waals surface area contributed by atoms with Crippen LogP contribution in [0.3, 0.4) is 0 Å². The highest BCUT2D eigenvalue weighted by Gasteiger charge is 2.42. The molecule has 7 heteroatoms. The number of carbonyl (C=O) groups is 1. The van der Waals surface area contributed by atoms with Gasteiger partial charge in [0.05, 0.1) is 36.0 Å². The molecular weight excluding hydrogens is 322 g/mol. The van der Waals surface area contributed by atoms with Crippen molar-refractivity contribution in [1.29, 1.82) is 0 Å². The number of morpholine rings is 1. The molecular formula is C18H21N3O4. The van der Waals surface area contributed by atoms with Gasteiger partial charge in [-0.15, -0.1) is 0 Å².